The Balaban J connectivity index is 2.43. The van der Waals surface area contributed by atoms with E-state index in [9.17, 15) is 14.7 Å². The van der Waals surface area contributed by atoms with E-state index in [-0.39, 0.29) is 18.0 Å². The Hall–Kier alpha value is -2.66. The third-order valence-corrected chi connectivity index (χ3v) is 4.28. The van der Waals surface area contributed by atoms with E-state index >= 15 is 0 Å². The first kappa shape index (κ1) is 19.7. The molecule has 0 aliphatic rings. The van der Waals surface area contributed by atoms with Crippen molar-refractivity contribution in [1.29, 1.82) is 0 Å². The van der Waals surface area contributed by atoms with E-state index in [1.807, 2.05) is 50.8 Å². The Morgan fingerprint density at radius 3 is 1.92 bits per heavy atom. The summed E-state index contributed by atoms with van der Waals surface area (Å²) in [6, 6.07) is 14.1. The Morgan fingerprint density at radius 2 is 1.42 bits per heavy atom. The van der Waals surface area contributed by atoms with Gasteiger partial charge in [-0.15, -0.1) is 0 Å². The molecule has 0 bridgehead atoms. The zero-order chi connectivity index (χ0) is 19.4. The van der Waals surface area contributed by atoms with Gasteiger partial charge in [0.15, 0.2) is 6.10 Å². The molecule has 0 spiro atoms. The molecular weight excluding hydrogens is 330 g/mol. The second kappa shape index (κ2) is 8.15. The van der Waals surface area contributed by atoms with E-state index in [1.165, 1.54) is 0 Å². The van der Waals surface area contributed by atoms with E-state index in [0.717, 1.165) is 11.1 Å². The highest BCUT2D eigenvalue weighted by molar-refractivity contribution is 6.01. The molecule has 2 aromatic carbocycles. The topological polar surface area (TPSA) is 77.8 Å². The van der Waals surface area contributed by atoms with E-state index in [2.05, 4.69) is 0 Å². The number of aliphatic hydroxyl groups is 1. The highest BCUT2D eigenvalue weighted by Crippen LogP contribution is 2.27. The minimum absolute atomic E-state index is 0.0414. The van der Waals surface area contributed by atoms with Crippen molar-refractivity contribution >= 4 is 11.9 Å². The molecule has 0 saturated carbocycles. The van der Waals surface area contributed by atoms with Crippen LogP contribution in [0.5, 0.6) is 0 Å². The van der Waals surface area contributed by atoms with Crippen molar-refractivity contribution in [2.45, 2.75) is 45.9 Å². The highest BCUT2D eigenvalue weighted by atomic mass is 16.4. The molecule has 138 valence electrons. The van der Waals surface area contributed by atoms with Crippen molar-refractivity contribution < 1.29 is 19.8 Å². The number of benzene rings is 2. The van der Waals surface area contributed by atoms with Crippen LogP contribution in [0.2, 0.25) is 0 Å². The number of hydrogen-bond acceptors (Lipinski definition) is 3. The summed E-state index contributed by atoms with van der Waals surface area (Å²) in [5.41, 5.74) is 2.47. The summed E-state index contributed by atoms with van der Waals surface area (Å²) in [4.78, 5) is 25.8. The van der Waals surface area contributed by atoms with Gasteiger partial charge in [-0.3, -0.25) is 4.79 Å². The molecule has 2 N–H and O–H groups in total. The van der Waals surface area contributed by atoms with Gasteiger partial charge in [-0.05, 0) is 50.5 Å². The summed E-state index contributed by atoms with van der Waals surface area (Å²) >= 11 is 0. The molecule has 26 heavy (non-hydrogen) atoms. The van der Waals surface area contributed by atoms with Gasteiger partial charge in [-0.25, -0.2) is 4.79 Å². The number of rotatable bonds is 6. The minimum atomic E-state index is -1.56. The number of aliphatic carboxylic acids is 1. The normalized spacial score (nSPS) is 12.3. The zero-order valence-electron chi connectivity index (χ0n) is 15.5. The van der Waals surface area contributed by atoms with Gasteiger partial charge in [0.25, 0.3) is 5.91 Å². The summed E-state index contributed by atoms with van der Waals surface area (Å²) in [5.74, 6) is -1.34. The third-order valence-electron chi connectivity index (χ3n) is 4.28. The highest BCUT2D eigenvalue weighted by Gasteiger charge is 2.24. The van der Waals surface area contributed by atoms with Crippen LogP contribution in [-0.2, 0) is 4.79 Å². The number of carboxylic acid groups (broad SMARTS) is 1. The van der Waals surface area contributed by atoms with Gasteiger partial charge in [0.2, 0.25) is 0 Å². The van der Waals surface area contributed by atoms with Crippen molar-refractivity contribution in [3.8, 4) is 11.1 Å². The summed E-state index contributed by atoms with van der Waals surface area (Å²) in [6.45, 7) is 7.95. The molecule has 0 aromatic heterocycles. The summed E-state index contributed by atoms with van der Waals surface area (Å²) in [5, 5.41) is 18.5. The molecule has 0 saturated heterocycles. The van der Waals surface area contributed by atoms with Gasteiger partial charge >= 0.3 is 5.97 Å². The first-order valence-corrected chi connectivity index (χ1v) is 8.67. The lowest BCUT2D eigenvalue weighted by Gasteiger charge is -2.31. The molecule has 5 nitrogen and oxygen atoms in total. The molecular formula is C21H25NO4. The SMILES string of the molecule is CC(C)N(C(=O)c1ccccc1-c1ccc(C(O)C(=O)O)cc1)C(C)C. The molecule has 1 unspecified atom stereocenters. The number of carboxylic acids is 1. The molecule has 1 atom stereocenters. The minimum Gasteiger partial charge on any atom is -0.479 e. The maximum Gasteiger partial charge on any atom is 0.337 e. The number of carbonyl (C=O) groups is 2. The largest absolute Gasteiger partial charge is 0.479 e. The van der Waals surface area contributed by atoms with Crippen LogP contribution in [-0.4, -0.2) is 39.1 Å². The predicted octanol–water partition coefficient (Wildman–Crippen LogP) is 3.73. The molecule has 5 heteroatoms. The van der Waals surface area contributed by atoms with Crippen LogP contribution >= 0.6 is 0 Å². The predicted molar refractivity (Wildman–Crippen MR) is 101 cm³/mol. The lowest BCUT2D eigenvalue weighted by Crippen LogP contribution is -2.42. The Kier molecular flexibility index (Phi) is 6.16. The fourth-order valence-electron chi connectivity index (χ4n) is 3.11. The van der Waals surface area contributed by atoms with Crippen molar-refractivity contribution in [2.75, 3.05) is 0 Å². The Morgan fingerprint density at radius 1 is 0.885 bits per heavy atom. The standard InChI is InChI=1S/C21H25NO4/c1-13(2)22(14(3)4)20(24)18-8-6-5-7-17(18)15-9-11-16(12-10-15)19(23)21(25)26/h5-14,19,23H,1-4H3,(H,25,26). The average molecular weight is 355 g/mol. The second-order valence-corrected chi connectivity index (χ2v) is 6.81. The number of hydrogen-bond donors (Lipinski definition) is 2. The second-order valence-electron chi connectivity index (χ2n) is 6.81. The molecule has 2 aromatic rings. The van der Waals surface area contributed by atoms with Gasteiger partial charge in [-0.2, -0.15) is 0 Å². The molecule has 0 aliphatic heterocycles. The molecule has 0 fully saturated rings. The lowest BCUT2D eigenvalue weighted by molar-refractivity contribution is -0.146. The van der Waals surface area contributed by atoms with Crippen LogP contribution in [0.1, 0.15) is 49.7 Å². The van der Waals surface area contributed by atoms with Gasteiger partial charge in [0, 0.05) is 17.6 Å². The van der Waals surface area contributed by atoms with Gasteiger partial charge < -0.3 is 15.1 Å². The van der Waals surface area contributed by atoms with E-state index in [4.69, 9.17) is 5.11 Å². The first-order chi connectivity index (χ1) is 12.2. The fraction of sp³-hybridized carbons (Fsp3) is 0.333. The van der Waals surface area contributed by atoms with Gasteiger partial charge in [0.05, 0.1) is 0 Å². The monoisotopic (exact) mass is 355 g/mol. The van der Waals surface area contributed by atoms with Crippen LogP contribution in [0.25, 0.3) is 11.1 Å². The van der Waals surface area contributed by atoms with Crippen molar-refractivity contribution in [3.63, 3.8) is 0 Å². The van der Waals surface area contributed by atoms with Crippen LogP contribution < -0.4 is 0 Å². The van der Waals surface area contributed by atoms with Crippen LogP contribution in [0.4, 0.5) is 0 Å². The van der Waals surface area contributed by atoms with E-state index in [0.29, 0.717) is 11.1 Å². The van der Waals surface area contributed by atoms with Crippen LogP contribution in [0.3, 0.4) is 0 Å². The Labute approximate surface area is 153 Å². The lowest BCUT2D eigenvalue weighted by atomic mass is 9.96. The summed E-state index contributed by atoms with van der Waals surface area (Å²) in [6.07, 6.45) is -1.56. The van der Waals surface area contributed by atoms with Crippen molar-refractivity contribution in [3.05, 3.63) is 59.7 Å². The van der Waals surface area contributed by atoms with Crippen molar-refractivity contribution in [1.82, 2.24) is 4.90 Å². The number of nitrogens with zero attached hydrogens (tertiary/aromatic N) is 1. The third kappa shape index (κ3) is 4.11. The zero-order valence-corrected chi connectivity index (χ0v) is 15.5. The van der Waals surface area contributed by atoms with E-state index < -0.39 is 12.1 Å². The van der Waals surface area contributed by atoms with E-state index in [1.54, 1.807) is 30.3 Å². The van der Waals surface area contributed by atoms with Crippen molar-refractivity contribution in [2.24, 2.45) is 0 Å². The number of amides is 1. The number of aliphatic hydroxyl groups excluding tert-OH is 1. The maximum atomic E-state index is 13.1. The quantitative estimate of drug-likeness (QED) is 0.828. The Bertz CT molecular complexity index is 773. The van der Waals surface area contributed by atoms with Crippen LogP contribution in [0, 0.1) is 0 Å². The smallest absolute Gasteiger partial charge is 0.337 e. The average Bonchev–Trinajstić information content (AvgIpc) is 2.60. The molecule has 0 aliphatic carbocycles. The van der Waals surface area contributed by atoms with Crippen LogP contribution in [0.15, 0.2) is 48.5 Å². The molecule has 1 amide bonds. The summed E-state index contributed by atoms with van der Waals surface area (Å²) < 4.78 is 0. The molecule has 2 rings (SSSR count). The molecule has 0 heterocycles. The molecule has 0 radical (unpaired) electrons. The number of carbonyl (C=O) groups excluding carboxylic acids is 1. The summed E-state index contributed by atoms with van der Waals surface area (Å²) in [7, 11) is 0. The first-order valence-electron chi connectivity index (χ1n) is 8.67. The van der Waals surface area contributed by atoms with Gasteiger partial charge in [0.1, 0.15) is 0 Å². The fourth-order valence-corrected chi connectivity index (χ4v) is 3.11. The van der Waals surface area contributed by atoms with Gasteiger partial charge in [-0.1, -0.05) is 42.5 Å². The maximum absolute atomic E-state index is 13.1.